The van der Waals surface area contributed by atoms with Crippen LogP contribution in [0.15, 0.2) is 6.07 Å². The van der Waals surface area contributed by atoms with Crippen molar-refractivity contribution in [3.05, 3.63) is 21.4 Å². The Morgan fingerprint density at radius 3 is 2.90 bits per heavy atom. The van der Waals surface area contributed by atoms with Gasteiger partial charge in [-0.2, -0.15) is 0 Å². The van der Waals surface area contributed by atoms with Crippen LogP contribution in [0.25, 0.3) is 0 Å². The first kappa shape index (κ1) is 15.6. The molecule has 0 amide bonds. The highest BCUT2D eigenvalue weighted by molar-refractivity contribution is 7.12. The molecule has 1 nitrogen and oxygen atoms in total. The number of aryl methyl sites for hydroxylation is 2. The first-order valence-electron chi connectivity index (χ1n) is 9.07. The minimum absolute atomic E-state index is 0.543. The van der Waals surface area contributed by atoms with Gasteiger partial charge in [0.05, 0.1) is 0 Å². The lowest BCUT2D eigenvalue weighted by atomic mass is 9.81. The second-order valence-corrected chi connectivity index (χ2v) is 8.57. The number of thiophene rings is 1. The van der Waals surface area contributed by atoms with Gasteiger partial charge < -0.3 is 5.32 Å². The third-order valence-corrected chi connectivity index (χ3v) is 6.91. The normalized spacial score (nSPS) is 27.3. The van der Waals surface area contributed by atoms with Crippen molar-refractivity contribution in [2.45, 2.75) is 77.7 Å². The summed E-state index contributed by atoms with van der Waals surface area (Å²) in [6, 6.07) is 3.03. The molecule has 0 aromatic carbocycles. The van der Waals surface area contributed by atoms with Crippen LogP contribution in [-0.2, 0) is 12.8 Å². The quantitative estimate of drug-likeness (QED) is 0.758. The largest absolute Gasteiger partial charge is 0.309 e. The fraction of sp³-hybridized carbons (Fsp3) is 0.789. The molecule has 1 N–H and O–H groups in total. The number of fused-ring (bicyclic) bond motifs is 1. The third-order valence-electron chi connectivity index (χ3n) is 5.49. The van der Waals surface area contributed by atoms with Crippen molar-refractivity contribution in [1.82, 2.24) is 5.32 Å². The van der Waals surface area contributed by atoms with Crippen LogP contribution in [0, 0.1) is 11.8 Å². The summed E-state index contributed by atoms with van der Waals surface area (Å²) in [6.07, 6.45) is 12.7. The van der Waals surface area contributed by atoms with E-state index in [1.54, 1.807) is 15.3 Å². The fourth-order valence-corrected chi connectivity index (χ4v) is 5.44. The molecule has 0 bridgehead atoms. The Hall–Kier alpha value is -0.340. The van der Waals surface area contributed by atoms with Crippen molar-refractivity contribution < 1.29 is 0 Å². The molecule has 3 unspecified atom stereocenters. The number of hydrogen-bond acceptors (Lipinski definition) is 2. The average molecular weight is 306 g/mol. The summed E-state index contributed by atoms with van der Waals surface area (Å²) in [5, 5.41) is 3.78. The molecule has 0 aliphatic heterocycles. The zero-order chi connectivity index (χ0) is 14.7. The maximum absolute atomic E-state index is 3.78. The zero-order valence-electron chi connectivity index (χ0n) is 13.8. The molecule has 1 aromatic heterocycles. The highest BCUT2D eigenvalue weighted by Gasteiger charge is 2.19. The van der Waals surface area contributed by atoms with Crippen LogP contribution >= 0.6 is 11.3 Å². The summed E-state index contributed by atoms with van der Waals surface area (Å²) < 4.78 is 0. The molecule has 0 saturated heterocycles. The lowest BCUT2D eigenvalue weighted by Gasteiger charge is -2.27. The maximum Gasteiger partial charge on any atom is 0.0386 e. The lowest BCUT2D eigenvalue weighted by molar-refractivity contribution is 0.266. The first-order chi connectivity index (χ1) is 10.2. The maximum atomic E-state index is 3.78. The van der Waals surface area contributed by atoms with E-state index in [0.29, 0.717) is 6.04 Å². The van der Waals surface area contributed by atoms with Crippen LogP contribution in [0.5, 0.6) is 0 Å². The zero-order valence-corrected chi connectivity index (χ0v) is 14.6. The lowest BCUT2D eigenvalue weighted by Crippen LogP contribution is -2.23. The van der Waals surface area contributed by atoms with Crippen LogP contribution in [0.1, 0.15) is 80.2 Å². The molecule has 0 spiro atoms. The molecule has 118 valence electrons. The van der Waals surface area contributed by atoms with E-state index < -0.39 is 0 Å². The Labute approximate surface area is 134 Å². The van der Waals surface area contributed by atoms with Gasteiger partial charge in [-0.1, -0.05) is 26.2 Å². The second-order valence-electron chi connectivity index (χ2n) is 7.41. The van der Waals surface area contributed by atoms with Crippen molar-refractivity contribution in [3.63, 3.8) is 0 Å². The van der Waals surface area contributed by atoms with Gasteiger partial charge in [-0.15, -0.1) is 11.3 Å². The average Bonchev–Trinajstić information content (AvgIpc) is 2.91. The van der Waals surface area contributed by atoms with Gasteiger partial charge in [0.2, 0.25) is 0 Å². The van der Waals surface area contributed by atoms with Gasteiger partial charge in [-0.3, -0.25) is 0 Å². The Balaban J connectivity index is 1.45. The molecule has 2 aliphatic rings. The highest BCUT2D eigenvalue weighted by Crippen LogP contribution is 2.33. The van der Waals surface area contributed by atoms with Gasteiger partial charge in [0.25, 0.3) is 0 Å². The summed E-state index contributed by atoms with van der Waals surface area (Å²) in [5.41, 5.74) is 1.65. The summed E-state index contributed by atoms with van der Waals surface area (Å²) in [7, 11) is 0. The SMILES string of the molecule is CC1CCCC(CCNC(C)c2cc3c(s2)CCCC3)C1. The predicted molar refractivity (Wildman–Crippen MR) is 93.1 cm³/mol. The molecule has 1 fully saturated rings. The first-order valence-corrected chi connectivity index (χ1v) is 9.89. The van der Waals surface area contributed by atoms with Crippen LogP contribution in [0.4, 0.5) is 0 Å². The summed E-state index contributed by atoms with van der Waals surface area (Å²) in [4.78, 5) is 3.24. The Morgan fingerprint density at radius 2 is 2.10 bits per heavy atom. The molecule has 1 heterocycles. The van der Waals surface area contributed by atoms with Crippen LogP contribution in [-0.4, -0.2) is 6.54 Å². The van der Waals surface area contributed by atoms with E-state index in [0.717, 1.165) is 11.8 Å². The minimum Gasteiger partial charge on any atom is -0.309 e. The summed E-state index contributed by atoms with van der Waals surface area (Å²) in [5.74, 6) is 1.94. The summed E-state index contributed by atoms with van der Waals surface area (Å²) in [6.45, 7) is 5.97. The summed E-state index contributed by atoms with van der Waals surface area (Å²) >= 11 is 2.07. The molecule has 0 radical (unpaired) electrons. The van der Waals surface area contributed by atoms with E-state index in [4.69, 9.17) is 0 Å². The third kappa shape index (κ3) is 4.10. The molecule has 1 saturated carbocycles. The van der Waals surface area contributed by atoms with Gasteiger partial charge in [0.1, 0.15) is 0 Å². The van der Waals surface area contributed by atoms with Gasteiger partial charge in [-0.05, 0) is 75.5 Å². The molecule has 2 aliphatic carbocycles. The van der Waals surface area contributed by atoms with E-state index in [2.05, 4.69) is 36.6 Å². The van der Waals surface area contributed by atoms with Crippen LogP contribution in [0.2, 0.25) is 0 Å². The van der Waals surface area contributed by atoms with Crippen molar-refractivity contribution in [2.24, 2.45) is 11.8 Å². The number of hydrogen-bond donors (Lipinski definition) is 1. The second kappa shape index (κ2) is 7.28. The Kier molecular flexibility index (Phi) is 5.39. The van der Waals surface area contributed by atoms with Crippen molar-refractivity contribution in [1.29, 1.82) is 0 Å². The molecule has 3 rings (SSSR count). The predicted octanol–water partition coefficient (Wildman–Crippen LogP) is 5.49. The van der Waals surface area contributed by atoms with E-state index in [-0.39, 0.29) is 0 Å². The van der Waals surface area contributed by atoms with E-state index in [9.17, 15) is 0 Å². The molecular weight excluding hydrogens is 274 g/mol. The standard InChI is InChI=1S/C19H31NS/c1-14-6-5-7-16(12-14)10-11-20-15(2)19-13-17-8-3-4-9-18(17)21-19/h13-16,20H,3-12H2,1-2H3. The van der Waals surface area contributed by atoms with Crippen molar-refractivity contribution in [3.8, 4) is 0 Å². The number of rotatable bonds is 5. The monoisotopic (exact) mass is 305 g/mol. The molecule has 3 atom stereocenters. The topological polar surface area (TPSA) is 12.0 Å². The van der Waals surface area contributed by atoms with E-state index in [1.165, 1.54) is 64.3 Å². The Bertz CT molecular complexity index is 427. The Morgan fingerprint density at radius 1 is 1.24 bits per heavy atom. The molecule has 1 aromatic rings. The molecule has 21 heavy (non-hydrogen) atoms. The van der Waals surface area contributed by atoms with Crippen LogP contribution in [0.3, 0.4) is 0 Å². The highest BCUT2D eigenvalue weighted by atomic mass is 32.1. The van der Waals surface area contributed by atoms with Gasteiger partial charge in [0.15, 0.2) is 0 Å². The number of nitrogens with one attached hydrogen (secondary N) is 1. The van der Waals surface area contributed by atoms with E-state index in [1.807, 2.05) is 0 Å². The van der Waals surface area contributed by atoms with E-state index >= 15 is 0 Å². The van der Waals surface area contributed by atoms with Crippen molar-refractivity contribution >= 4 is 11.3 Å². The van der Waals surface area contributed by atoms with Gasteiger partial charge in [0, 0.05) is 15.8 Å². The van der Waals surface area contributed by atoms with Crippen molar-refractivity contribution in [2.75, 3.05) is 6.54 Å². The smallest absolute Gasteiger partial charge is 0.0386 e. The molecule has 2 heteroatoms. The van der Waals surface area contributed by atoms with Gasteiger partial charge in [-0.25, -0.2) is 0 Å². The van der Waals surface area contributed by atoms with Crippen LogP contribution < -0.4 is 5.32 Å². The molecular formula is C19H31NS. The van der Waals surface area contributed by atoms with Gasteiger partial charge >= 0.3 is 0 Å². The fourth-order valence-electron chi connectivity index (χ4n) is 4.15. The minimum atomic E-state index is 0.543.